The Morgan fingerprint density at radius 2 is 1.96 bits per heavy atom. The number of hydrogen-bond donors (Lipinski definition) is 1. The van der Waals surface area contributed by atoms with Crippen LogP contribution in [0.1, 0.15) is 34.0 Å². The fourth-order valence-corrected chi connectivity index (χ4v) is 2.78. The van der Waals surface area contributed by atoms with Gasteiger partial charge in [-0.05, 0) is 68.4 Å². The second-order valence-corrected chi connectivity index (χ2v) is 7.06. The molecule has 0 spiro atoms. The maximum absolute atomic E-state index is 13.8. The van der Waals surface area contributed by atoms with Crippen LogP contribution in [0.2, 0.25) is 5.02 Å². The highest BCUT2D eigenvalue weighted by molar-refractivity contribution is 7.80. The van der Waals surface area contributed by atoms with Crippen LogP contribution in [-0.4, -0.2) is 29.6 Å². The van der Waals surface area contributed by atoms with E-state index in [-0.39, 0.29) is 12.2 Å². The molecule has 2 rings (SSSR count). The van der Waals surface area contributed by atoms with Gasteiger partial charge in [0, 0.05) is 29.9 Å². The number of nitrogens with zero attached hydrogens (tertiary/aromatic N) is 1. The lowest BCUT2D eigenvalue weighted by atomic mass is 10.0. The summed E-state index contributed by atoms with van der Waals surface area (Å²) in [5, 5.41) is 4.08. The first-order valence-electron chi connectivity index (χ1n) is 8.47. The highest BCUT2D eigenvalue weighted by Crippen LogP contribution is 2.23. The summed E-state index contributed by atoms with van der Waals surface area (Å²) in [5.74, 6) is -1.01. The number of carbonyl (C=O) groups excluding carboxylic acids is 1. The zero-order chi connectivity index (χ0) is 20.1. The number of benzene rings is 2. The van der Waals surface area contributed by atoms with Crippen molar-refractivity contribution in [2.24, 2.45) is 0 Å². The van der Waals surface area contributed by atoms with E-state index in [9.17, 15) is 9.18 Å². The SMILES string of the molecule is CCN(C)C(=S)Nc1cc(C)c(C(=O)OCc2ccc(Cl)cc2F)cc1C. The minimum Gasteiger partial charge on any atom is -0.457 e. The average Bonchev–Trinajstić information content (AvgIpc) is 2.62. The molecular formula is C20H22ClFN2O2S. The summed E-state index contributed by atoms with van der Waals surface area (Å²) in [4.78, 5) is 14.3. The number of nitrogens with one attached hydrogen (secondary N) is 1. The van der Waals surface area contributed by atoms with Crippen molar-refractivity contribution in [2.45, 2.75) is 27.4 Å². The molecular weight excluding hydrogens is 387 g/mol. The first-order chi connectivity index (χ1) is 12.7. The molecule has 27 heavy (non-hydrogen) atoms. The van der Waals surface area contributed by atoms with E-state index in [2.05, 4.69) is 5.32 Å². The molecule has 0 bridgehead atoms. The van der Waals surface area contributed by atoms with Gasteiger partial charge in [-0.2, -0.15) is 0 Å². The minimum atomic E-state index is -0.509. The second kappa shape index (κ2) is 9.15. The molecule has 0 saturated heterocycles. The van der Waals surface area contributed by atoms with Crippen LogP contribution in [0.25, 0.3) is 0 Å². The average molecular weight is 409 g/mol. The smallest absolute Gasteiger partial charge is 0.338 e. The summed E-state index contributed by atoms with van der Waals surface area (Å²) in [7, 11) is 1.90. The lowest BCUT2D eigenvalue weighted by Crippen LogP contribution is -2.31. The van der Waals surface area contributed by atoms with Gasteiger partial charge in [0.25, 0.3) is 0 Å². The Labute approximate surface area is 169 Å². The van der Waals surface area contributed by atoms with Crippen LogP contribution in [-0.2, 0) is 11.3 Å². The topological polar surface area (TPSA) is 41.6 Å². The molecule has 0 aliphatic heterocycles. The molecule has 4 nitrogen and oxygen atoms in total. The summed E-state index contributed by atoms with van der Waals surface area (Å²) in [6.07, 6.45) is 0. The van der Waals surface area contributed by atoms with E-state index < -0.39 is 11.8 Å². The Bertz CT molecular complexity index is 873. The summed E-state index contributed by atoms with van der Waals surface area (Å²) >= 11 is 11.1. The van der Waals surface area contributed by atoms with Gasteiger partial charge in [0.05, 0.1) is 5.56 Å². The Morgan fingerprint density at radius 1 is 1.26 bits per heavy atom. The number of rotatable bonds is 5. The summed E-state index contributed by atoms with van der Waals surface area (Å²) < 4.78 is 19.1. The molecule has 0 aliphatic rings. The molecule has 0 atom stereocenters. The van der Waals surface area contributed by atoms with Crippen molar-refractivity contribution in [3.05, 3.63) is 63.4 Å². The molecule has 0 heterocycles. The molecule has 0 saturated carbocycles. The number of carbonyl (C=O) groups is 1. The number of ether oxygens (including phenoxy) is 1. The van der Waals surface area contributed by atoms with Crippen molar-refractivity contribution in [1.82, 2.24) is 4.90 Å². The summed E-state index contributed by atoms with van der Waals surface area (Å²) in [6.45, 7) is 6.33. The van der Waals surface area contributed by atoms with Crippen LogP contribution in [0.4, 0.5) is 10.1 Å². The van der Waals surface area contributed by atoms with Crippen molar-refractivity contribution >= 4 is 40.6 Å². The number of hydrogen-bond acceptors (Lipinski definition) is 3. The molecule has 1 N–H and O–H groups in total. The summed E-state index contributed by atoms with van der Waals surface area (Å²) in [5.41, 5.74) is 3.14. The minimum absolute atomic E-state index is 0.161. The molecule has 0 amide bonds. The highest BCUT2D eigenvalue weighted by atomic mass is 35.5. The molecule has 0 unspecified atom stereocenters. The van der Waals surface area contributed by atoms with E-state index in [0.717, 1.165) is 23.4 Å². The van der Waals surface area contributed by atoms with Crippen LogP contribution in [0.5, 0.6) is 0 Å². The van der Waals surface area contributed by atoms with Gasteiger partial charge in [-0.1, -0.05) is 17.7 Å². The van der Waals surface area contributed by atoms with Crippen LogP contribution in [0, 0.1) is 19.7 Å². The van der Waals surface area contributed by atoms with Gasteiger partial charge in [-0.15, -0.1) is 0 Å². The molecule has 7 heteroatoms. The first-order valence-corrected chi connectivity index (χ1v) is 9.26. The normalized spacial score (nSPS) is 10.4. The molecule has 0 aliphatic carbocycles. The van der Waals surface area contributed by atoms with E-state index in [0.29, 0.717) is 15.7 Å². The Hall–Kier alpha value is -2.18. The number of thiocarbonyl (C=S) groups is 1. The fourth-order valence-electron chi connectivity index (χ4n) is 2.38. The highest BCUT2D eigenvalue weighted by Gasteiger charge is 2.15. The van der Waals surface area contributed by atoms with Crippen LogP contribution < -0.4 is 5.32 Å². The van der Waals surface area contributed by atoms with E-state index in [1.54, 1.807) is 12.1 Å². The van der Waals surface area contributed by atoms with E-state index in [1.807, 2.05) is 38.8 Å². The van der Waals surface area contributed by atoms with Crippen LogP contribution in [0.3, 0.4) is 0 Å². The number of aryl methyl sites for hydroxylation is 2. The quantitative estimate of drug-likeness (QED) is 0.550. The first kappa shape index (κ1) is 21.1. The zero-order valence-electron chi connectivity index (χ0n) is 15.7. The Kier molecular flexibility index (Phi) is 7.16. The van der Waals surface area contributed by atoms with Crippen molar-refractivity contribution in [3.63, 3.8) is 0 Å². The number of anilines is 1. The van der Waals surface area contributed by atoms with Gasteiger partial charge in [-0.3, -0.25) is 0 Å². The molecule has 0 fully saturated rings. The monoisotopic (exact) mass is 408 g/mol. The van der Waals surface area contributed by atoms with Gasteiger partial charge in [0.1, 0.15) is 12.4 Å². The van der Waals surface area contributed by atoms with E-state index in [1.165, 1.54) is 12.1 Å². The second-order valence-electron chi connectivity index (χ2n) is 6.24. The van der Waals surface area contributed by atoms with Gasteiger partial charge in [0.15, 0.2) is 5.11 Å². The maximum atomic E-state index is 13.8. The van der Waals surface area contributed by atoms with Gasteiger partial charge < -0.3 is 15.0 Å². The molecule has 0 aromatic heterocycles. The lowest BCUT2D eigenvalue weighted by Gasteiger charge is -2.20. The summed E-state index contributed by atoms with van der Waals surface area (Å²) in [6, 6.07) is 7.84. The van der Waals surface area contributed by atoms with Crippen LogP contribution in [0.15, 0.2) is 30.3 Å². The van der Waals surface area contributed by atoms with Gasteiger partial charge >= 0.3 is 5.97 Å². The van der Waals surface area contributed by atoms with Crippen molar-refractivity contribution in [2.75, 3.05) is 18.9 Å². The number of esters is 1. The Balaban J connectivity index is 2.12. The predicted octanol–water partition coefficient (Wildman–Crippen LogP) is 5.10. The van der Waals surface area contributed by atoms with Gasteiger partial charge in [0.2, 0.25) is 0 Å². The standard InChI is InChI=1S/C20H22ClFN2O2S/c1-5-24(4)20(27)23-18-9-12(2)16(8-13(18)3)19(25)26-11-14-6-7-15(21)10-17(14)22/h6-10H,5,11H2,1-4H3,(H,23,27). The third kappa shape index (κ3) is 5.40. The fraction of sp³-hybridized carbons (Fsp3) is 0.300. The van der Waals surface area contributed by atoms with Crippen molar-refractivity contribution < 1.29 is 13.9 Å². The maximum Gasteiger partial charge on any atom is 0.338 e. The largest absolute Gasteiger partial charge is 0.457 e. The lowest BCUT2D eigenvalue weighted by molar-refractivity contribution is 0.0468. The van der Waals surface area contributed by atoms with Crippen molar-refractivity contribution in [3.8, 4) is 0 Å². The zero-order valence-corrected chi connectivity index (χ0v) is 17.3. The van der Waals surface area contributed by atoms with Crippen LogP contribution >= 0.6 is 23.8 Å². The molecule has 0 radical (unpaired) electrons. The predicted molar refractivity (Wildman–Crippen MR) is 111 cm³/mol. The molecule has 144 valence electrons. The van der Waals surface area contributed by atoms with E-state index in [4.69, 9.17) is 28.6 Å². The third-order valence-electron chi connectivity index (χ3n) is 4.23. The Morgan fingerprint density at radius 3 is 2.59 bits per heavy atom. The molecule has 2 aromatic rings. The van der Waals surface area contributed by atoms with Crippen molar-refractivity contribution in [1.29, 1.82) is 0 Å². The third-order valence-corrected chi connectivity index (χ3v) is 4.88. The molecule has 2 aromatic carbocycles. The number of halogens is 2. The van der Waals surface area contributed by atoms with E-state index >= 15 is 0 Å². The van der Waals surface area contributed by atoms with Gasteiger partial charge in [-0.25, -0.2) is 9.18 Å².